The molecule has 3 aliphatic rings. The Kier molecular flexibility index (Phi) is 7.62. The molecule has 0 saturated carbocycles. The molecular weight excluding hydrogens is 408 g/mol. The first-order valence-corrected chi connectivity index (χ1v) is 12.8. The molecule has 1 aromatic rings. The van der Waals surface area contributed by atoms with Gasteiger partial charge in [0.05, 0.1) is 5.56 Å². The summed E-state index contributed by atoms with van der Waals surface area (Å²) in [5.41, 5.74) is 1.84. The lowest BCUT2D eigenvalue weighted by Gasteiger charge is -2.33. The third-order valence-corrected chi connectivity index (χ3v) is 8.25. The van der Waals surface area contributed by atoms with E-state index in [2.05, 4.69) is 21.2 Å². The average Bonchev–Trinajstić information content (AvgIpc) is 2.95. The number of hydrogen-bond acceptors (Lipinski definition) is 5. The lowest BCUT2D eigenvalue weighted by atomic mass is 9.95. The minimum absolute atomic E-state index is 0.0159. The van der Waals surface area contributed by atoms with Gasteiger partial charge in [0, 0.05) is 36.9 Å². The minimum atomic E-state index is -0.0159. The summed E-state index contributed by atoms with van der Waals surface area (Å²) < 4.78 is 0. The lowest BCUT2D eigenvalue weighted by Crippen LogP contribution is -2.43. The van der Waals surface area contributed by atoms with E-state index in [4.69, 9.17) is 0 Å². The largest absolute Gasteiger partial charge is 0.342 e. The van der Waals surface area contributed by atoms with Crippen molar-refractivity contribution in [2.24, 2.45) is 5.92 Å². The molecule has 2 saturated heterocycles. The van der Waals surface area contributed by atoms with Crippen LogP contribution in [0.3, 0.4) is 0 Å². The molecule has 0 radical (unpaired) electrons. The number of anilines is 1. The number of likely N-dealkylation sites (tertiary alicyclic amines) is 2. The van der Waals surface area contributed by atoms with Crippen LogP contribution < -0.4 is 5.32 Å². The van der Waals surface area contributed by atoms with Crippen molar-refractivity contribution in [3.63, 3.8) is 0 Å². The summed E-state index contributed by atoms with van der Waals surface area (Å²) in [6.45, 7) is 4.33. The maximum absolute atomic E-state index is 12.8. The number of rotatable bonds is 5. The first-order chi connectivity index (χ1) is 15.2. The van der Waals surface area contributed by atoms with E-state index >= 15 is 0 Å². The van der Waals surface area contributed by atoms with Crippen LogP contribution in [0.2, 0.25) is 0 Å². The molecule has 7 heteroatoms. The number of fused-ring (bicyclic) bond motifs is 1. The van der Waals surface area contributed by atoms with E-state index in [1.807, 2.05) is 0 Å². The van der Waals surface area contributed by atoms with Crippen molar-refractivity contribution in [2.45, 2.75) is 70.6 Å². The summed E-state index contributed by atoms with van der Waals surface area (Å²) >= 11 is 1.58. The fourth-order valence-electron chi connectivity index (χ4n) is 5.17. The summed E-state index contributed by atoms with van der Waals surface area (Å²) in [4.78, 5) is 31.1. The first kappa shape index (κ1) is 22.3. The summed E-state index contributed by atoms with van der Waals surface area (Å²) in [6, 6.07) is 2.31. The van der Waals surface area contributed by atoms with Gasteiger partial charge in [0.2, 0.25) is 11.8 Å². The van der Waals surface area contributed by atoms with Crippen LogP contribution in [0.25, 0.3) is 0 Å². The van der Waals surface area contributed by atoms with Crippen molar-refractivity contribution >= 4 is 28.2 Å². The number of hydrogen-bond donors (Lipinski definition) is 1. The fraction of sp³-hybridized carbons (Fsp3) is 0.708. The Morgan fingerprint density at radius 3 is 2.42 bits per heavy atom. The number of carbonyl (C=O) groups is 2. The number of nitriles is 1. The van der Waals surface area contributed by atoms with Gasteiger partial charge >= 0.3 is 0 Å². The van der Waals surface area contributed by atoms with E-state index in [0.717, 1.165) is 81.7 Å². The SMILES string of the molecule is N#Cc1c(NC(=O)CCN2CCC(C(=O)N3CCCCCC3)CC2)sc2c1CCCC2. The molecule has 0 aromatic carbocycles. The molecule has 2 fully saturated rings. The van der Waals surface area contributed by atoms with Crippen LogP contribution >= 0.6 is 11.3 Å². The van der Waals surface area contributed by atoms with Crippen molar-refractivity contribution in [3.05, 3.63) is 16.0 Å². The Labute approximate surface area is 189 Å². The topological polar surface area (TPSA) is 76.4 Å². The van der Waals surface area contributed by atoms with Gasteiger partial charge in [0.25, 0.3) is 0 Å². The number of thiophene rings is 1. The zero-order chi connectivity index (χ0) is 21.6. The van der Waals surface area contributed by atoms with Crippen LogP contribution in [-0.4, -0.2) is 54.3 Å². The van der Waals surface area contributed by atoms with Crippen molar-refractivity contribution < 1.29 is 9.59 Å². The van der Waals surface area contributed by atoms with Gasteiger partial charge in [-0.1, -0.05) is 12.8 Å². The van der Waals surface area contributed by atoms with Gasteiger partial charge in [-0.2, -0.15) is 5.26 Å². The molecule has 3 heterocycles. The number of nitrogens with one attached hydrogen (secondary N) is 1. The number of carbonyl (C=O) groups excluding carboxylic acids is 2. The van der Waals surface area contributed by atoms with Crippen LogP contribution in [0.1, 0.15) is 73.8 Å². The van der Waals surface area contributed by atoms with Crippen molar-refractivity contribution in [1.82, 2.24) is 9.80 Å². The van der Waals surface area contributed by atoms with Gasteiger partial charge in [-0.3, -0.25) is 9.59 Å². The monoisotopic (exact) mass is 442 g/mol. The lowest BCUT2D eigenvalue weighted by molar-refractivity contribution is -0.137. The van der Waals surface area contributed by atoms with Gasteiger partial charge in [-0.15, -0.1) is 11.3 Å². The quantitative estimate of drug-likeness (QED) is 0.749. The molecule has 4 rings (SSSR count). The highest BCUT2D eigenvalue weighted by Crippen LogP contribution is 2.37. The van der Waals surface area contributed by atoms with Gasteiger partial charge in [0.15, 0.2) is 0 Å². The highest BCUT2D eigenvalue weighted by atomic mass is 32.1. The maximum Gasteiger partial charge on any atom is 0.226 e. The molecule has 2 amide bonds. The number of aryl methyl sites for hydroxylation is 1. The van der Waals surface area contributed by atoms with Crippen LogP contribution in [-0.2, 0) is 22.4 Å². The second-order valence-corrected chi connectivity index (χ2v) is 10.3. The Bertz CT molecular complexity index is 827. The van der Waals surface area contributed by atoms with Crippen molar-refractivity contribution in [2.75, 3.05) is 38.0 Å². The normalized spacial score (nSPS) is 20.5. The Hall–Kier alpha value is -1.91. The third kappa shape index (κ3) is 5.48. The zero-order valence-corrected chi connectivity index (χ0v) is 19.3. The molecule has 31 heavy (non-hydrogen) atoms. The molecule has 0 spiro atoms. The second-order valence-electron chi connectivity index (χ2n) is 9.18. The van der Waals surface area contributed by atoms with Crippen LogP contribution in [0.4, 0.5) is 5.00 Å². The maximum atomic E-state index is 12.8. The predicted molar refractivity (Wildman–Crippen MR) is 123 cm³/mol. The van der Waals surface area contributed by atoms with Crippen molar-refractivity contribution in [3.8, 4) is 6.07 Å². The molecule has 2 aliphatic heterocycles. The van der Waals surface area contributed by atoms with Gasteiger partial charge in [0.1, 0.15) is 11.1 Å². The Balaban J connectivity index is 1.22. The summed E-state index contributed by atoms with van der Waals surface area (Å²) in [6.07, 6.45) is 11.3. The van der Waals surface area contributed by atoms with E-state index in [1.54, 1.807) is 11.3 Å². The number of nitrogens with zero attached hydrogens (tertiary/aromatic N) is 3. The fourth-order valence-corrected chi connectivity index (χ4v) is 6.43. The summed E-state index contributed by atoms with van der Waals surface area (Å²) in [5.74, 6) is 0.488. The molecule has 1 aliphatic carbocycles. The number of amides is 2. The molecule has 1 aromatic heterocycles. The molecule has 6 nitrogen and oxygen atoms in total. The van der Waals surface area contributed by atoms with E-state index in [0.29, 0.717) is 24.4 Å². The van der Waals surface area contributed by atoms with E-state index in [-0.39, 0.29) is 11.8 Å². The third-order valence-electron chi connectivity index (χ3n) is 7.05. The van der Waals surface area contributed by atoms with Gasteiger partial charge < -0.3 is 15.1 Å². The van der Waals surface area contributed by atoms with Crippen molar-refractivity contribution in [1.29, 1.82) is 5.26 Å². The Morgan fingerprint density at radius 1 is 1.00 bits per heavy atom. The Morgan fingerprint density at radius 2 is 1.71 bits per heavy atom. The average molecular weight is 443 g/mol. The molecular formula is C24H34N4O2S. The van der Waals surface area contributed by atoms with Crippen LogP contribution in [0, 0.1) is 17.2 Å². The first-order valence-electron chi connectivity index (χ1n) is 12.0. The standard InChI is InChI=1S/C24H34N4O2S/c25-17-20-19-7-3-4-8-21(19)31-23(20)26-22(29)11-16-27-14-9-18(10-15-27)24(30)28-12-5-1-2-6-13-28/h18H,1-16H2,(H,26,29). The predicted octanol–water partition coefficient (Wildman–Crippen LogP) is 3.94. The molecule has 0 atom stereocenters. The zero-order valence-electron chi connectivity index (χ0n) is 18.5. The highest BCUT2D eigenvalue weighted by molar-refractivity contribution is 7.16. The van der Waals surface area contributed by atoms with E-state index < -0.39 is 0 Å². The highest BCUT2D eigenvalue weighted by Gasteiger charge is 2.29. The molecule has 1 N–H and O–H groups in total. The summed E-state index contributed by atoms with van der Waals surface area (Å²) in [7, 11) is 0. The van der Waals surface area contributed by atoms with Gasteiger partial charge in [-0.25, -0.2) is 0 Å². The van der Waals surface area contributed by atoms with E-state index in [1.165, 1.54) is 24.1 Å². The van der Waals surface area contributed by atoms with Crippen LogP contribution in [0.15, 0.2) is 0 Å². The van der Waals surface area contributed by atoms with Gasteiger partial charge in [-0.05, 0) is 70.0 Å². The molecule has 0 bridgehead atoms. The van der Waals surface area contributed by atoms with Crippen LogP contribution in [0.5, 0.6) is 0 Å². The number of piperidine rings is 1. The summed E-state index contributed by atoms with van der Waals surface area (Å²) in [5, 5.41) is 13.3. The smallest absolute Gasteiger partial charge is 0.226 e. The van der Waals surface area contributed by atoms with E-state index in [9.17, 15) is 14.9 Å². The molecule has 168 valence electrons. The minimum Gasteiger partial charge on any atom is -0.342 e. The molecule has 0 unspecified atom stereocenters. The second kappa shape index (κ2) is 10.6.